The first-order valence-electron chi connectivity index (χ1n) is 3.89. The molecule has 0 spiro atoms. The highest BCUT2D eigenvalue weighted by molar-refractivity contribution is 7.98. The highest BCUT2D eigenvalue weighted by Crippen LogP contribution is 2.23. The fourth-order valence-corrected chi connectivity index (χ4v) is 1.43. The Labute approximate surface area is 80.6 Å². The van der Waals surface area contributed by atoms with E-state index >= 15 is 0 Å². The topological polar surface area (TPSA) is 29.3 Å². The van der Waals surface area contributed by atoms with Crippen LogP contribution in [0.15, 0.2) is 0 Å². The molecule has 0 saturated heterocycles. The number of halogens is 3. The van der Waals surface area contributed by atoms with E-state index in [1.807, 2.05) is 6.26 Å². The summed E-state index contributed by atoms with van der Waals surface area (Å²) < 4.78 is 36.8. The molecule has 80 valence electrons. The van der Waals surface area contributed by atoms with E-state index in [-0.39, 0.29) is 6.54 Å². The van der Waals surface area contributed by atoms with Crippen LogP contribution in [0.3, 0.4) is 0 Å². The van der Waals surface area contributed by atoms with Gasteiger partial charge in [0.2, 0.25) is 0 Å². The van der Waals surface area contributed by atoms with Crippen molar-refractivity contribution < 1.29 is 13.2 Å². The van der Waals surface area contributed by atoms with E-state index in [0.717, 1.165) is 0 Å². The number of nitrogens with two attached hydrogens (primary N) is 1. The Hall–Kier alpha value is 0.0600. The zero-order chi connectivity index (χ0) is 10.5. The lowest BCUT2D eigenvalue weighted by Gasteiger charge is -2.28. The Morgan fingerprint density at radius 1 is 1.46 bits per heavy atom. The molecule has 6 heteroatoms. The molecule has 1 unspecified atom stereocenters. The third kappa shape index (κ3) is 4.73. The molecule has 0 rings (SSSR count). The first kappa shape index (κ1) is 13.1. The minimum atomic E-state index is -4.22. The molecule has 0 aromatic carbocycles. The van der Waals surface area contributed by atoms with Crippen molar-refractivity contribution in [3.63, 3.8) is 0 Å². The SMILES string of the molecule is CSCCN(C)C(CN)C(F)(F)F. The molecule has 0 heterocycles. The van der Waals surface area contributed by atoms with Crippen LogP contribution in [0.4, 0.5) is 13.2 Å². The van der Waals surface area contributed by atoms with Crippen LogP contribution < -0.4 is 5.73 Å². The fourth-order valence-electron chi connectivity index (χ4n) is 0.955. The summed E-state index contributed by atoms with van der Waals surface area (Å²) in [4.78, 5) is 1.25. The molecule has 0 bridgehead atoms. The third-order valence-electron chi connectivity index (χ3n) is 1.78. The summed E-state index contributed by atoms with van der Waals surface area (Å²) in [6.45, 7) is 0.0247. The first-order chi connectivity index (χ1) is 5.93. The van der Waals surface area contributed by atoms with E-state index in [2.05, 4.69) is 0 Å². The zero-order valence-corrected chi connectivity index (χ0v) is 8.58. The Kier molecular flexibility index (Phi) is 5.75. The maximum atomic E-state index is 12.3. The van der Waals surface area contributed by atoms with Crippen molar-refractivity contribution in [1.29, 1.82) is 0 Å². The number of rotatable bonds is 5. The minimum Gasteiger partial charge on any atom is -0.329 e. The summed E-state index contributed by atoms with van der Waals surface area (Å²) in [5.41, 5.74) is 5.06. The molecule has 0 saturated carbocycles. The van der Waals surface area contributed by atoms with E-state index < -0.39 is 12.2 Å². The van der Waals surface area contributed by atoms with Crippen LogP contribution in [-0.4, -0.2) is 49.3 Å². The van der Waals surface area contributed by atoms with Crippen LogP contribution in [0.5, 0.6) is 0 Å². The lowest BCUT2D eigenvalue weighted by atomic mass is 10.2. The second-order valence-corrected chi connectivity index (χ2v) is 3.75. The van der Waals surface area contributed by atoms with Gasteiger partial charge >= 0.3 is 6.18 Å². The van der Waals surface area contributed by atoms with Crippen LogP contribution in [-0.2, 0) is 0 Å². The minimum absolute atomic E-state index is 0.381. The molecule has 0 fully saturated rings. The van der Waals surface area contributed by atoms with Crippen LogP contribution in [0.25, 0.3) is 0 Å². The molecule has 0 amide bonds. The standard InChI is InChI=1S/C7H15F3N2S/c1-12(3-4-13-2)6(5-11)7(8,9)10/h6H,3-5,11H2,1-2H3. The van der Waals surface area contributed by atoms with Gasteiger partial charge in [0.05, 0.1) is 0 Å². The Morgan fingerprint density at radius 2 is 2.00 bits per heavy atom. The summed E-state index contributed by atoms with van der Waals surface area (Å²) in [6.07, 6.45) is -2.36. The zero-order valence-electron chi connectivity index (χ0n) is 7.77. The molecular weight excluding hydrogens is 201 g/mol. The summed E-state index contributed by atoms with van der Waals surface area (Å²) in [5.74, 6) is 0.684. The molecule has 2 nitrogen and oxygen atoms in total. The molecule has 0 aliphatic carbocycles. The molecule has 13 heavy (non-hydrogen) atoms. The quantitative estimate of drug-likeness (QED) is 0.748. The van der Waals surface area contributed by atoms with Crippen LogP contribution in [0, 0.1) is 0 Å². The smallest absolute Gasteiger partial charge is 0.329 e. The van der Waals surface area contributed by atoms with Crippen molar-refractivity contribution in [1.82, 2.24) is 4.90 Å². The lowest BCUT2D eigenvalue weighted by Crippen LogP contribution is -2.49. The van der Waals surface area contributed by atoms with Gasteiger partial charge in [0.25, 0.3) is 0 Å². The van der Waals surface area contributed by atoms with Gasteiger partial charge in [-0.3, -0.25) is 4.90 Å². The second-order valence-electron chi connectivity index (χ2n) is 2.77. The summed E-state index contributed by atoms with van der Waals surface area (Å²) >= 11 is 1.52. The van der Waals surface area contributed by atoms with Crippen LogP contribution >= 0.6 is 11.8 Å². The van der Waals surface area contributed by atoms with Crippen molar-refractivity contribution in [3.8, 4) is 0 Å². The highest BCUT2D eigenvalue weighted by atomic mass is 32.2. The Bertz CT molecular complexity index is 140. The van der Waals surface area contributed by atoms with Gasteiger partial charge in [0.15, 0.2) is 0 Å². The number of thioether (sulfide) groups is 1. The molecule has 0 aliphatic rings. The number of alkyl halides is 3. The average Bonchev–Trinajstić information content (AvgIpc) is 1.99. The van der Waals surface area contributed by atoms with E-state index in [1.54, 1.807) is 0 Å². The number of nitrogens with zero attached hydrogens (tertiary/aromatic N) is 1. The summed E-state index contributed by atoms with van der Waals surface area (Å²) in [6, 6.07) is -1.51. The van der Waals surface area contributed by atoms with Gasteiger partial charge in [-0.25, -0.2) is 0 Å². The van der Waals surface area contributed by atoms with Crippen LogP contribution in [0.1, 0.15) is 0 Å². The van der Waals surface area contributed by atoms with Gasteiger partial charge in [0, 0.05) is 18.8 Å². The molecule has 0 radical (unpaired) electrons. The fraction of sp³-hybridized carbons (Fsp3) is 1.00. The molecule has 0 aliphatic heterocycles. The number of hydrogen-bond acceptors (Lipinski definition) is 3. The summed E-state index contributed by atoms with van der Waals surface area (Å²) in [7, 11) is 1.45. The molecule has 0 aromatic heterocycles. The summed E-state index contributed by atoms with van der Waals surface area (Å²) in [5, 5.41) is 0. The van der Waals surface area contributed by atoms with Gasteiger partial charge in [0.1, 0.15) is 6.04 Å². The van der Waals surface area contributed by atoms with Gasteiger partial charge in [-0.05, 0) is 13.3 Å². The van der Waals surface area contributed by atoms with Gasteiger partial charge in [-0.15, -0.1) is 0 Å². The monoisotopic (exact) mass is 216 g/mol. The molecule has 2 N–H and O–H groups in total. The van der Waals surface area contributed by atoms with E-state index in [1.165, 1.54) is 23.7 Å². The number of likely N-dealkylation sites (N-methyl/N-ethyl adjacent to an activating group) is 1. The van der Waals surface area contributed by atoms with Crippen molar-refractivity contribution in [2.45, 2.75) is 12.2 Å². The van der Waals surface area contributed by atoms with Gasteiger partial charge < -0.3 is 5.73 Å². The van der Waals surface area contributed by atoms with Gasteiger partial charge in [-0.2, -0.15) is 24.9 Å². The van der Waals surface area contributed by atoms with Crippen LogP contribution in [0.2, 0.25) is 0 Å². The van der Waals surface area contributed by atoms with E-state index in [4.69, 9.17) is 5.73 Å². The highest BCUT2D eigenvalue weighted by Gasteiger charge is 2.40. The van der Waals surface area contributed by atoms with Crippen molar-refractivity contribution in [3.05, 3.63) is 0 Å². The second kappa shape index (κ2) is 5.72. The van der Waals surface area contributed by atoms with Crippen molar-refractivity contribution in [2.24, 2.45) is 5.73 Å². The van der Waals surface area contributed by atoms with E-state index in [9.17, 15) is 13.2 Å². The molecular formula is C7H15F3N2S. The largest absolute Gasteiger partial charge is 0.405 e. The lowest BCUT2D eigenvalue weighted by molar-refractivity contribution is -0.176. The normalized spacial score (nSPS) is 15.0. The number of hydrogen-bond donors (Lipinski definition) is 1. The molecule has 1 atom stereocenters. The predicted octanol–water partition coefficient (Wildman–Crippen LogP) is 1.17. The van der Waals surface area contributed by atoms with Crippen molar-refractivity contribution in [2.75, 3.05) is 32.1 Å². The van der Waals surface area contributed by atoms with Crippen molar-refractivity contribution >= 4 is 11.8 Å². The average molecular weight is 216 g/mol. The Balaban J connectivity index is 4.07. The predicted molar refractivity (Wildman–Crippen MR) is 49.9 cm³/mol. The first-order valence-corrected chi connectivity index (χ1v) is 5.28. The maximum absolute atomic E-state index is 12.3. The third-order valence-corrected chi connectivity index (χ3v) is 2.37. The Morgan fingerprint density at radius 3 is 2.31 bits per heavy atom. The molecule has 0 aromatic rings. The van der Waals surface area contributed by atoms with E-state index in [0.29, 0.717) is 12.3 Å². The van der Waals surface area contributed by atoms with Gasteiger partial charge in [-0.1, -0.05) is 0 Å². The maximum Gasteiger partial charge on any atom is 0.405 e.